The van der Waals surface area contributed by atoms with Crippen molar-refractivity contribution in [2.24, 2.45) is 4.99 Å². The number of benzene rings is 2. The lowest BCUT2D eigenvalue weighted by molar-refractivity contribution is -0.384. The molecular formula is C28H22ClN3O7S. The van der Waals surface area contributed by atoms with Gasteiger partial charge in [0.1, 0.15) is 24.2 Å². The topological polar surface area (TPSA) is 126 Å². The molecule has 0 saturated heterocycles. The van der Waals surface area contributed by atoms with Gasteiger partial charge in [0.05, 0.1) is 27.3 Å². The molecule has 0 spiro atoms. The molecule has 3 heterocycles. The van der Waals surface area contributed by atoms with E-state index in [4.69, 9.17) is 25.5 Å². The zero-order valence-corrected chi connectivity index (χ0v) is 22.9. The summed E-state index contributed by atoms with van der Waals surface area (Å²) < 4.78 is 18.1. The average Bonchev–Trinajstić information content (AvgIpc) is 3.52. The Balaban J connectivity index is 1.58. The second kappa shape index (κ2) is 11.4. The zero-order valence-electron chi connectivity index (χ0n) is 21.3. The SMILES string of the molecule is COCCOC(=O)C1=C(C)N=c2sc(=Cc3ccc(-c4ccc([N+](=O)[O-])cc4)o3)c(=O)n2C1c1ccccc1Cl. The Hall–Kier alpha value is -4.32. The van der Waals surface area contributed by atoms with Crippen LogP contribution in [0.15, 0.2) is 86.1 Å². The van der Waals surface area contributed by atoms with Crippen LogP contribution < -0.4 is 14.9 Å². The molecule has 204 valence electrons. The number of nitro benzene ring substituents is 1. The molecule has 2 aromatic heterocycles. The molecule has 4 aromatic rings. The third-order valence-electron chi connectivity index (χ3n) is 6.22. The number of hydrogen-bond donors (Lipinski definition) is 0. The number of methoxy groups -OCH3 is 1. The number of allylic oxidation sites excluding steroid dienone is 1. The molecule has 0 radical (unpaired) electrons. The predicted molar refractivity (Wildman–Crippen MR) is 149 cm³/mol. The van der Waals surface area contributed by atoms with Crippen LogP contribution in [0.25, 0.3) is 17.4 Å². The lowest BCUT2D eigenvalue weighted by Crippen LogP contribution is -2.40. The number of hydrogen-bond acceptors (Lipinski definition) is 9. The second-order valence-corrected chi connectivity index (χ2v) is 10.2. The number of non-ortho nitro benzene ring substituents is 1. The van der Waals surface area contributed by atoms with Gasteiger partial charge in [0.2, 0.25) is 0 Å². The summed E-state index contributed by atoms with van der Waals surface area (Å²) >= 11 is 7.70. The van der Waals surface area contributed by atoms with E-state index < -0.39 is 16.9 Å². The van der Waals surface area contributed by atoms with Crippen LogP contribution in [0, 0.1) is 10.1 Å². The maximum Gasteiger partial charge on any atom is 0.338 e. The Kier molecular flexibility index (Phi) is 7.78. The van der Waals surface area contributed by atoms with E-state index in [2.05, 4.69) is 4.99 Å². The minimum Gasteiger partial charge on any atom is -0.460 e. The van der Waals surface area contributed by atoms with Crippen LogP contribution in [0.2, 0.25) is 5.02 Å². The molecule has 40 heavy (non-hydrogen) atoms. The van der Waals surface area contributed by atoms with Crippen molar-refractivity contribution in [2.75, 3.05) is 20.3 Å². The van der Waals surface area contributed by atoms with E-state index >= 15 is 0 Å². The minimum atomic E-state index is -0.852. The summed E-state index contributed by atoms with van der Waals surface area (Å²) in [5.74, 6) is 0.277. The molecule has 1 aliphatic heterocycles. The van der Waals surface area contributed by atoms with Crippen molar-refractivity contribution in [1.82, 2.24) is 4.57 Å². The Morgan fingerprint density at radius 2 is 1.93 bits per heavy atom. The number of carbonyl (C=O) groups excluding carboxylic acids is 1. The highest BCUT2D eigenvalue weighted by Gasteiger charge is 2.34. The fraction of sp³-hybridized carbons (Fsp3) is 0.179. The molecular weight excluding hydrogens is 558 g/mol. The zero-order chi connectivity index (χ0) is 28.4. The van der Waals surface area contributed by atoms with Gasteiger partial charge in [0, 0.05) is 35.9 Å². The number of esters is 1. The summed E-state index contributed by atoms with van der Waals surface area (Å²) in [5, 5.41) is 11.3. The number of nitrogens with zero attached hydrogens (tertiary/aromatic N) is 3. The number of aromatic nitrogens is 1. The lowest BCUT2D eigenvalue weighted by Gasteiger charge is -2.25. The Morgan fingerprint density at radius 3 is 2.62 bits per heavy atom. The highest BCUT2D eigenvalue weighted by atomic mass is 35.5. The van der Waals surface area contributed by atoms with Gasteiger partial charge in [-0.1, -0.05) is 41.1 Å². The van der Waals surface area contributed by atoms with Crippen molar-refractivity contribution in [3.8, 4) is 11.3 Å². The van der Waals surface area contributed by atoms with Gasteiger partial charge >= 0.3 is 5.97 Å². The number of halogens is 1. The van der Waals surface area contributed by atoms with Gasteiger partial charge in [0.15, 0.2) is 4.80 Å². The van der Waals surface area contributed by atoms with Gasteiger partial charge in [-0.05, 0) is 42.8 Å². The van der Waals surface area contributed by atoms with E-state index in [0.29, 0.717) is 42.7 Å². The Morgan fingerprint density at radius 1 is 1.18 bits per heavy atom. The Bertz CT molecular complexity index is 1820. The van der Waals surface area contributed by atoms with E-state index in [1.807, 2.05) is 0 Å². The number of furan rings is 1. The van der Waals surface area contributed by atoms with Crippen LogP contribution in [0.4, 0.5) is 5.69 Å². The normalized spacial score (nSPS) is 15.1. The summed E-state index contributed by atoms with van der Waals surface area (Å²) in [6.45, 7) is 1.96. The minimum absolute atomic E-state index is 0.0260. The quantitative estimate of drug-likeness (QED) is 0.132. The third-order valence-corrected chi connectivity index (χ3v) is 7.55. The maximum absolute atomic E-state index is 13.8. The van der Waals surface area contributed by atoms with Crippen molar-refractivity contribution in [2.45, 2.75) is 13.0 Å². The first-order valence-electron chi connectivity index (χ1n) is 12.1. The molecule has 0 aliphatic carbocycles. The molecule has 0 saturated carbocycles. The highest BCUT2D eigenvalue weighted by Crippen LogP contribution is 2.34. The number of fused-ring (bicyclic) bond motifs is 1. The van der Waals surface area contributed by atoms with E-state index in [9.17, 15) is 19.7 Å². The van der Waals surface area contributed by atoms with Crippen LogP contribution in [-0.2, 0) is 14.3 Å². The number of carbonyl (C=O) groups is 1. The first-order chi connectivity index (χ1) is 19.3. The molecule has 10 nitrogen and oxygen atoms in total. The van der Waals surface area contributed by atoms with Gasteiger partial charge in [-0.15, -0.1) is 0 Å². The summed E-state index contributed by atoms with van der Waals surface area (Å²) in [6.07, 6.45) is 1.60. The number of nitro groups is 1. The van der Waals surface area contributed by atoms with Crippen molar-refractivity contribution >= 4 is 40.7 Å². The van der Waals surface area contributed by atoms with E-state index in [1.54, 1.807) is 61.5 Å². The first-order valence-corrected chi connectivity index (χ1v) is 13.3. The van der Waals surface area contributed by atoms with Gasteiger partial charge < -0.3 is 13.9 Å². The van der Waals surface area contributed by atoms with Gasteiger partial charge in [-0.25, -0.2) is 9.79 Å². The summed E-state index contributed by atoms with van der Waals surface area (Å²) in [7, 11) is 1.50. The van der Waals surface area contributed by atoms with Crippen LogP contribution in [0.1, 0.15) is 24.3 Å². The molecule has 5 rings (SSSR count). The molecule has 0 amide bonds. The van der Waals surface area contributed by atoms with E-state index in [1.165, 1.54) is 23.8 Å². The molecule has 2 aromatic carbocycles. The fourth-order valence-corrected chi connectivity index (χ4v) is 5.60. The highest BCUT2D eigenvalue weighted by molar-refractivity contribution is 7.07. The number of thiazole rings is 1. The number of ether oxygens (including phenoxy) is 2. The molecule has 0 fully saturated rings. The average molecular weight is 580 g/mol. The van der Waals surface area contributed by atoms with E-state index in [-0.39, 0.29) is 30.0 Å². The van der Waals surface area contributed by atoms with E-state index in [0.717, 1.165) is 11.3 Å². The first kappa shape index (κ1) is 27.3. The van der Waals surface area contributed by atoms with Gasteiger partial charge in [-0.3, -0.25) is 19.5 Å². The molecule has 0 bridgehead atoms. The molecule has 12 heteroatoms. The van der Waals surface area contributed by atoms with Crippen molar-refractivity contribution in [1.29, 1.82) is 0 Å². The second-order valence-electron chi connectivity index (χ2n) is 8.74. The largest absolute Gasteiger partial charge is 0.460 e. The molecule has 1 aliphatic rings. The van der Waals surface area contributed by atoms with Crippen LogP contribution in [-0.4, -0.2) is 35.8 Å². The lowest BCUT2D eigenvalue weighted by atomic mass is 9.96. The molecule has 1 atom stereocenters. The van der Waals surface area contributed by atoms with Gasteiger partial charge in [-0.2, -0.15) is 0 Å². The fourth-order valence-electron chi connectivity index (χ4n) is 4.33. The predicted octanol–water partition coefficient (Wildman–Crippen LogP) is 4.25. The molecule has 1 unspecified atom stereocenters. The maximum atomic E-state index is 13.8. The third kappa shape index (κ3) is 5.26. The summed E-state index contributed by atoms with van der Waals surface area (Å²) in [6, 6.07) is 15.5. The monoisotopic (exact) mass is 579 g/mol. The smallest absolute Gasteiger partial charge is 0.338 e. The number of rotatable bonds is 8. The standard InChI is InChI=1S/C28H22ClN3O7S/c1-16-24(27(34)38-14-13-37-2)25(20-5-3-4-6-21(20)29)31-26(33)23(40-28(31)30-16)15-19-11-12-22(39-19)17-7-9-18(10-8-17)32(35)36/h3-12,15,25H,13-14H2,1-2H3. The summed E-state index contributed by atoms with van der Waals surface area (Å²) in [5.41, 5.74) is 1.43. The van der Waals surface area contributed by atoms with Crippen molar-refractivity contribution < 1.29 is 23.6 Å². The van der Waals surface area contributed by atoms with Crippen molar-refractivity contribution in [3.05, 3.63) is 118 Å². The van der Waals surface area contributed by atoms with Gasteiger partial charge in [0.25, 0.3) is 11.2 Å². The van der Waals surface area contributed by atoms with Crippen LogP contribution in [0.3, 0.4) is 0 Å². The van der Waals surface area contributed by atoms with Crippen molar-refractivity contribution in [3.63, 3.8) is 0 Å². The van der Waals surface area contributed by atoms with Crippen LogP contribution >= 0.6 is 22.9 Å². The Labute approximate surface area is 236 Å². The summed E-state index contributed by atoms with van der Waals surface area (Å²) in [4.78, 5) is 42.4. The molecule has 0 N–H and O–H groups in total. The van der Waals surface area contributed by atoms with Crippen LogP contribution in [0.5, 0.6) is 0 Å².